The number of pyridine rings is 1. The van der Waals surface area contributed by atoms with Crippen LogP contribution in [0.25, 0.3) is 22.3 Å². The van der Waals surface area contributed by atoms with E-state index in [0.29, 0.717) is 19.3 Å². The highest BCUT2D eigenvalue weighted by molar-refractivity contribution is 7.90. The molecule has 0 aliphatic heterocycles. The normalized spacial score (nSPS) is 18.7. The molecule has 0 spiro atoms. The summed E-state index contributed by atoms with van der Waals surface area (Å²) in [6.07, 6.45) is -6.46. The molecule has 3 aromatic rings. The predicted octanol–water partition coefficient (Wildman–Crippen LogP) is 6.10. The molecule has 2 aliphatic rings. The molecule has 0 amide bonds. The molecule has 0 radical (unpaired) electrons. The van der Waals surface area contributed by atoms with Crippen molar-refractivity contribution >= 4 is 21.1 Å². The Balaban J connectivity index is 1.67. The van der Waals surface area contributed by atoms with Gasteiger partial charge in [0.2, 0.25) is 10.0 Å². The molecule has 13 heteroatoms. The molecule has 0 unspecified atom stereocenters. The van der Waals surface area contributed by atoms with E-state index in [1.165, 1.54) is 34.9 Å². The predicted molar refractivity (Wildman–Crippen MR) is 126 cm³/mol. The Hall–Kier alpha value is -3.11. The van der Waals surface area contributed by atoms with E-state index in [2.05, 4.69) is 11.1 Å². The van der Waals surface area contributed by atoms with Gasteiger partial charge in [0.15, 0.2) is 0 Å². The summed E-state index contributed by atoms with van der Waals surface area (Å²) in [6.45, 7) is -0.0304. The minimum Gasteiger partial charge on any atom is -0.331 e. The number of rotatable bonds is 7. The van der Waals surface area contributed by atoms with Crippen LogP contribution in [-0.4, -0.2) is 29.4 Å². The van der Waals surface area contributed by atoms with Gasteiger partial charge in [-0.3, -0.25) is 0 Å². The third-order valence-corrected chi connectivity index (χ3v) is 9.15. The first-order valence-corrected chi connectivity index (χ1v) is 13.4. The summed E-state index contributed by atoms with van der Waals surface area (Å²) in [4.78, 5) is 4.32. The molecule has 1 atom stereocenters. The van der Waals surface area contributed by atoms with E-state index in [9.17, 15) is 40.0 Å². The highest BCUT2D eigenvalue weighted by atomic mass is 32.2. The lowest BCUT2D eigenvalue weighted by atomic mass is 10.0. The van der Waals surface area contributed by atoms with Crippen molar-refractivity contribution in [3.05, 3.63) is 53.7 Å². The minimum absolute atomic E-state index is 0.0304. The van der Waals surface area contributed by atoms with Gasteiger partial charge in [0.25, 0.3) is 0 Å². The van der Waals surface area contributed by atoms with E-state index >= 15 is 0 Å². The summed E-state index contributed by atoms with van der Waals surface area (Å²) in [5.74, 6) is 0. The first-order chi connectivity index (χ1) is 17.7. The van der Waals surface area contributed by atoms with Crippen LogP contribution in [0.4, 0.5) is 26.3 Å². The molecule has 0 bridgehead atoms. The topological polar surface area (TPSA) is 87.8 Å². The van der Waals surface area contributed by atoms with Gasteiger partial charge in [0, 0.05) is 29.3 Å². The van der Waals surface area contributed by atoms with Gasteiger partial charge in [-0.25, -0.2) is 13.4 Å². The van der Waals surface area contributed by atoms with E-state index in [1.807, 2.05) is 4.72 Å². The molecule has 0 saturated heterocycles. The van der Waals surface area contributed by atoms with Crippen LogP contribution in [0, 0.1) is 16.7 Å². The van der Waals surface area contributed by atoms with Crippen molar-refractivity contribution in [2.45, 2.75) is 62.3 Å². The Morgan fingerprint density at radius 3 is 2.34 bits per heavy atom. The number of benzene rings is 1. The lowest BCUT2D eigenvalue weighted by Crippen LogP contribution is -2.44. The van der Waals surface area contributed by atoms with E-state index < -0.39 is 50.2 Å². The Kier molecular flexibility index (Phi) is 6.26. The average molecular weight is 557 g/mol. The number of fused-ring (bicyclic) bond motifs is 1. The van der Waals surface area contributed by atoms with Crippen LogP contribution >= 0.6 is 0 Å². The Morgan fingerprint density at radius 2 is 1.79 bits per heavy atom. The Labute approximate surface area is 214 Å². The number of nitriles is 1. The third-order valence-electron chi connectivity index (χ3n) is 7.24. The van der Waals surface area contributed by atoms with Gasteiger partial charge in [0.1, 0.15) is 11.7 Å². The molecule has 1 aromatic carbocycles. The molecule has 2 saturated carbocycles. The molecular formula is C25H22F6N4O2S. The summed E-state index contributed by atoms with van der Waals surface area (Å²) in [7, 11) is -4.29. The van der Waals surface area contributed by atoms with Crippen LogP contribution in [0.15, 0.2) is 42.6 Å². The van der Waals surface area contributed by atoms with Crippen molar-refractivity contribution in [3.8, 4) is 17.3 Å². The van der Waals surface area contributed by atoms with Crippen LogP contribution in [0.3, 0.4) is 0 Å². The number of sulfonamides is 1. The van der Waals surface area contributed by atoms with Gasteiger partial charge >= 0.3 is 12.4 Å². The van der Waals surface area contributed by atoms with Crippen LogP contribution < -0.4 is 4.72 Å². The largest absolute Gasteiger partial charge is 0.417 e. The van der Waals surface area contributed by atoms with E-state index in [1.54, 1.807) is 0 Å². The number of halogens is 6. The summed E-state index contributed by atoms with van der Waals surface area (Å²) >= 11 is 0. The number of alkyl halides is 6. The maximum Gasteiger partial charge on any atom is 0.417 e. The van der Waals surface area contributed by atoms with Gasteiger partial charge in [-0.2, -0.15) is 36.3 Å². The van der Waals surface area contributed by atoms with Crippen molar-refractivity contribution in [2.75, 3.05) is 0 Å². The van der Waals surface area contributed by atoms with E-state index in [0.717, 1.165) is 12.3 Å². The molecule has 2 aromatic heterocycles. The zero-order chi connectivity index (χ0) is 27.5. The quantitative estimate of drug-likeness (QED) is 0.356. The molecule has 2 heterocycles. The fourth-order valence-corrected chi connectivity index (χ4v) is 6.41. The minimum atomic E-state index is -5.01. The van der Waals surface area contributed by atoms with Gasteiger partial charge in [-0.05, 0) is 43.9 Å². The van der Waals surface area contributed by atoms with E-state index in [-0.39, 0.29) is 41.7 Å². The first-order valence-electron chi connectivity index (χ1n) is 11.9. The maximum atomic E-state index is 14.3. The molecule has 2 fully saturated rings. The Morgan fingerprint density at radius 1 is 1.11 bits per heavy atom. The third kappa shape index (κ3) is 4.87. The molecule has 38 heavy (non-hydrogen) atoms. The second-order valence-electron chi connectivity index (χ2n) is 9.91. The first kappa shape index (κ1) is 26.5. The smallest absolute Gasteiger partial charge is 0.331 e. The van der Waals surface area contributed by atoms with Crippen molar-refractivity contribution in [3.63, 3.8) is 0 Å². The number of hydrogen-bond donors (Lipinski definition) is 1. The molecule has 6 nitrogen and oxygen atoms in total. The van der Waals surface area contributed by atoms with Gasteiger partial charge < -0.3 is 4.57 Å². The molecule has 2 aliphatic carbocycles. The summed E-state index contributed by atoms with van der Waals surface area (Å²) < 4.78 is 112. The summed E-state index contributed by atoms with van der Waals surface area (Å²) in [6, 6.07) is 6.68. The lowest BCUT2D eigenvalue weighted by molar-refractivity contribution is -0.152. The number of nitrogens with one attached hydrogen (secondary N) is 1. The number of aromatic nitrogens is 2. The highest BCUT2D eigenvalue weighted by Gasteiger charge is 2.48. The monoisotopic (exact) mass is 556 g/mol. The summed E-state index contributed by atoms with van der Waals surface area (Å²) in [5.41, 5.74) is -2.64. The van der Waals surface area contributed by atoms with Crippen LogP contribution in [-0.2, 0) is 22.7 Å². The zero-order valence-corrected chi connectivity index (χ0v) is 20.6. The van der Waals surface area contributed by atoms with E-state index in [4.69, 9.17) is 0 Å². The fourth-order valence-electron chi connectivity index (χ4n) is 4.68. The SMILES string of the molecule is N#CC1(Cn2cc([C@H](NS(=O)(=O)C3CCC3)C(F)(F)F)c3ccc(-c4ccccc4C(F)(F)F)nc32)CC1. The van der Waals surface area contributed by atoms with Crippen molar-refractivity contribution in [1.29, 1.82) is 5.26 Å². The Bertz CT molecular complexity index is 1530. The highest BCUT2D eigenvalue weighted by Crippen LogP contribution is 2.48. The van der Waals surface area contributed by atoms with Crippen LogP contribution in [0.5, 0.6) is 0 Å². The fraction of sp³-hybridized carbons (Fsp3) is 0.440. The number of hydrogen-bond acceptors (Lipinski definition) is 4. The van der Waals surface area contributed by atoms with Crippen molar-refractivity contribution in [2.24, 2.45) is 5.41 Å². The maximum absolute atomic E-state index is 14.3. The molecule has 1 N–H and O–H groups in total. The second kappa shape index (κ2) is 8.98. The van der Waals surface area contributed by atoms with Crippen LogP contribution in [0.2, 0.25) is 0 Å². The standard InChI is InChI=1S/C25H22F6N4O2S/c26-24(27,28)19-7-2-1-6-17(19)20-9-8-16-18(12-35(22(16)33-20)14-23(13-32)10-11-23)21(25(29,30)31)34-38(36,37)15-4-3-5-15/h1-2,6-9,12,15,21,34H,3-5,10-11,14H2/t21-/m0/s1. The second-order valence-corrected chi connectivity index (χ2v) is 11.9. The molecule has 5 rings (SSSR count). The number of nitrogens with zero attached hydrogens (tertiary/aromatic N) is 3. The summed E-state index contributed by atoms with van der Waals surface area (Å²) in [5, 5.41) is 8.58. The zero-order valence-electron chi connectivity index (χ0n) is 19.8. The lowest BCUT2D eigenvalue weighted by Gasteiger charge is -2.29. The van der Waals surface area contributed by atoms with Gasteiger partial charge in [-0.15, -0.1) is 0 Å². The average Bonchev–Trinajstić information content (AvgIpc) is 3.49. The molecule has 202 valence electrons. The molecular weight excluding hydrogens is 534 g/mol. The van der Waals surface area contributed by atoms with Gasteiger partial charge in [0.05, 0.1) is 28.0 Å². The van der Waals surface area contributed by atoms with Gasteiger partial charge in [-0.1, -0.05) is 24.6 Å². The van der Waals surface area contributed by atoms with Crippen molar-refractivity contribution < 1.29 is 34.8 Å². The van der Waals surface area contributed by atoms with Crippen LogP contribution in [0.1, 0.15) is 49.3 Å². The van der Waals surface area contributed by atoms with Crippen molar-refractivity contribution in [1.82, 2.24) is 14.3 Å².